The zero-order valence-corrected chi connectivity index (χ0v) is 24.0. The minimum Gasteiger partial charge on any atom is -0.355 e. The average Bonchev–Trinajstić information content (AvgIpc) is 3.72. The monoisotopic (exact) mass is 556 g/mol. The van der Waals surface area contributed by atoms with Gasteiger partial charge in [0, 0.05) is 55.8 Å². The lowest BCUT2D eigenvalue weighted by molar-refractivity contribution is -0.124. The van der Waals surface area contributed by atoms with Crippen LogP contribution in [0.5, 0.6) is 0 Å². The van der Waals surface area contributed by atoms with Crippen LogP contribution in [-0.4, -0.2) is 71.8 Å². The summed E-state index contributed by atoms with van der Waals surface area (Å²) in [4.78, 5) is 36.0. The van der Waals surface area contributed by atoms with Gasteiger partial charge in [0.2, 0.25) is 5.91 Å². The Kier molecular flexibility index (Phi) is 8.61. The minimum atomic E-state index is -0.394. The number of hydrogen-bond donors (Lipinski definition) is 1. The molecule has 2 atom stereocenters. The van der Waals surface area contributed by atoms with Crippen molar-refractivity contribution in [3.63, 3.8) is 0 Å². The molecule has 2 fully saturated rings. The molecule has 3 aromatic rings. The highest BCUT2D eigenvalue weighted by Gasteiger charge is 2.47. The third kappa shape index (κ3) is 5.87. The number of thiophene rings is 1. The molecule has 0 unspecified atom stereocenters. The van der Waals surface area contributed by atoms with Gasteiger partial charge in [-0.1, -0.05) is 67.4 Å². The molecule has 1 aromatic heterocycles. The summed E-state index contributed by atoms with van der Waals surface area (Å²) in [6.45, 7) is 6.93. The third-order valence-corrected chi connectivity index (χ3v) is 9.82. The van der Waals surface area contributed by atoms with Gasteiger partial charge in [0.15, 0.2) is 0 Å². The number of benzene rings is 2. The normalized spacial score (nSPS) is 22.4. The van der Waals surface area contributed by atoms with Crippen LogP contribution in [0, 0.1) is 0 Å². The van der Waals surface area contributed by atoms with Crippen LogP contribution in [0.25, 0.3) is 0 Å². The number of amides is 2. The lowest BCUT2D eigenvalue weighted by Crippen LogP contribution is -2.51. The highest BCUT2D eigenvalue weighted by Crippen LogP contribution is 2.47. The van der Waals surface area contributed by atoms with Crippen molar-refractivity contribution >= 4 is 23.2 Å². The van der Waals surface area contributed by atoms with E-state index >= 15 is 0 Å². The number of nitrogens with zero attached hydrogens (tertiary/aromatic N) is 3. The summed E-state index contributed by atoms with van der Waals surface area (Å²) in [7, 11) is 0. The molecule has 0 spiro atoms. The van der Waals surface area contributed by atoms with E-state index in [1.165, 1.54) is 5.56 Å². The molecule has 6 nitrogen and oxygen atoms in total. The zero-order chi connectivity index (χ0) is 27.3. The maximum Gasteiger partial charge on any atom is 0.254 e. The van der Waals surface area contributed by atoms with E-state index in [9.17, 15) is 9.59 Å². The van der Waals surface area contributed by atoms with Gasteiger partial charge in [-0.2, -0.15) is 0 Å². The molecule has 2 amide bonds. The van der Waals surface area contributed by atoms with Crippen molar-refractivity contribution in [3.8, 4) is 0 Å². The Morgan fingerprint density at radius 3 is 2.35 bits per heavy atom. The zero-order valence-electron chi connectivity index (χ0n) is 23.2. The highest BCUT2D eigenvalue weighted by molar-refractivity contribution is 7.10. The van der Waals surface area contributed by atoms with E-state index in [2.05, 4.69) is 61.8 Å². The van der Waals surface area contributed by atoms with Gasteiger partial charge in [0.05, 0.1) is 12.0 Å². The van der Waals surface area contributed by atoms with E-state index in [0.717, 1.165) is 81.8 Å². The molecule has 3 heterocycles. The van der Waals surface area contributed by atoms with Crippen LogP contribution in [0.3, 0.4) is 0 Å². The Labute approximate surface area is 242 Å². The minimum absolute atomic E-state index is 0.0361. The van der Waals surface area contributed by atoms with Crippen LogP contribution in [-0.2, 0) is 11.3 Å². The molecule has 1 saturated carbocycles. The Balaban J connectivity index is 1.09. The van der Waals surface area contributed by atoms with E-state index in [1.807, 2.05) is 30.3 Å². The van der Waals surface area contributed by atoms with Crippen LogP contribution in [0.15, 0.2) is 72.1 Å². The van der Waals surface area contributed by atoms with Crippen LogP contribution >= 0.6 is 11.3 Å². The summed E-state index contributed by atoms with van der Waals surface area (Å²) in [6.07, 6.45) is 5.24. The highest BCUT2D eigenvalue weighted by atomic mass is 32.1. The van der Waals surface area contributed by atoms with E-state index in [1.54, 1.807) is 11.3 Å². The van der Waals surface area contributed by atoms with Crippen LogP contribution in [0.4, 0.5) is 0 Å². The molecule has 0 radical (unpaired) electrons. The second-order valence-corrected chi connectivity index (χ2v) is 12.4. The molecule has 2 aromatic carbocycles. The van der Waals surface area contributed by atoms with Crippen molar-refractivity contribution in [3.05, 3.63) is 93.7 Å². The second kappa shape index (κ2) is 12.7. The first kappa shape index (κ1) is 27.2. The number of carbonyl (C=O) groups is 2. The summed E-state index contributed by atoms with van der Waals surface area (Å²) in [5.41, 5.74) is 2.93. The maximum absolute atomic E-state index is 13.9. The first-order valence-corrected chi connectivity index (χ1v) is 15.8. The molecular weight excluding hydrogens is 516 g/mol. The molecule has 1 aliphatic carbocycles. The van der Waals surface area contributed by atoms with Gasteiger partial charge >= 0.3 is 0 Å². The molecule has 40 heavy (non-hydrogen) atoms. The standard InChI is InChI=1S/C33H40N4O2S/c38-32(34-17-9-18-35-19-21-36(22-20-35)24-25-10-2-1-3-11-25)30-27-14-6-7-15-28(27)33(39)37(26-12-4-5-13-26)31(30)29-16-8-23-40-29/h1-3,6-8,10-11,14-16,23,26,30-31H,4-5,9,12-13,17-22,24H2,(H,34,38)/t30-,31-/m1/s1. The lowest BCUT2D eigenvalue weighted by atomic mass is 9.80. The number of fused-ring (bicyclic) bond motifs is 1. The Bertz CT molecular complexity index is 1270. The van der Waals surface area contributed by atoms with Crippen LogP contribution < -0.4 is 5.32 Å². The average molecular weight is 557 g/mol. The van der Waals surface area contributed by atoms with Crippen molar-refractivity contribution in [1.82, 2.24) is 20.0 Å². The first-order valence-electron chi connectivity index (χ1n) is 14.9. The fraction of sp³-hybridized carbons (Fsp3) is 0.455. The Morgan fingerprint density at radius 2 is 1.60 bits per heavy atom. The number of rotatable bonds is 9. The van der Waals surface area contributed by atoms with Crippen molar-refractivity contribution < 1.29 is 9.59 Å². The maximum atomic E-state index is 13.9. The van der Waals surface area contributed by atoms with E-state index in [-0.39, 0.29) is 23.9 Å². The summed E-state index contributed by atoms with van der Waals surface area (Å²) < 4.78 is 0. The predicted octanol–water partition coefficient (Wildman–Crippen LogP) is 5.30. The molecule has 7 heteroatoms. The number of piperazine rings is 1. The van der Waals surface area contributed by atoms with Crippen molar-refractivity contribution in [2.75, 3.05) is 39.3 Å². The van der Waals surface area contributed by atoms with Gasteiger partial charge in [-0.25, -0.2) is 0 Å². The molecule has 1 N–H and O–H groups in total. The third-order valence-electron chi connectivity index (χ3n) is 8.88. The first-order chi connectivity index (χ1) is 19.7. The van der Waals surface area contributed by atoms with Gasteiger partial charge in [0.1, 0.15) is 0 Å². The molecule has 210 valence electrons. The molecule has 1 saturated heterocycles. The van der Waals surface area contributed by atoms with Crippen molar-refractivity contribution in [2.24, 2.45) is 0 Å². The van der Waals surface area contributed by atoms with Crippen molar-refractivity contribution in [2.45, 2.75) is 56.7 Å². The predicted molar refractivity (Wildman–Crippen MR) is 160 cm³/mol. The Morgan fingerprint density at radius 1 is 0.875 bits per heavy atom. The van der Waals surface area contributed by atoms with Crippen LogP contribution in [0.1, 0.15) is 70.4 Å². The van der Waals surface area contributed by atoms with Gasteiger partial charge in [-0.3, -0.25) is 14.5 Å². The number of hydrogen-bond acceptors (Lipinski definition) is 5. The fourth-order valence-corrected chi connectivity index (χ4v) is 7.68. The van der Waals surface area contributed by atoms with Gasteiger partial charge in [0.25, 0.3) is 5.91 Å². The Hall–Kier alpha value is -3.00. The summed E-state index contributed by atoms with van der Waals surface area (Å²) in [6, 6.07) is 22.5. The van der Waals surface area contributed by atoms with Gasteiger partial charge in [-0.15, -0.1) is 11.3 Å². The molecular formula is C33H40N4O2S. The van der Waals surface area contributed by atoms with Gasteiger partial charge in [-0.05, 0) is 54.4 Å². The summed E-state index contributed by atoms with van der Waals surface area (Å²) in [5.74, 6) is -0.278. The lowest BCUT2D eigenvalue weighted by Gasteiger charge is -2.44. The summed E-state index contributed by atoms with van der Waals surface area (Å²) in [5, 5.41) is 5.34. The quantitative estimate of drug-likeness (QED) is 0.364. The van der Waals surface area contributed by atoms with Crippen molar-refractivity contribution in [1.29, 1.82) is 0 Å². The fourth-order valence-electron chi connectivity index (χ4n) is 6.82. The van der Waals surface area contributed by atoms with E-state index in [4.69, 9.17) is 0 Å². The molecule has 6 rings (SSSR count). The molecule has 3 aliphatic rings. The smallest absolute Gasteiger partial charge is 0.254 e. The summed E-state index contributed by atoms with van der Waals surface area (Å²) >= 11 is 1.65. The van der Waals surface area contributed by atoms with E-state index < -0.39 is 5.92 Å². The molecule has 0 bridgehead atoms. The number of carbonyl (C=O) groups excluding carboxylic acids is 2. The van der Waals surface area contributed by atoms with E-state index in [0.29, 0.717) is 12.1 Å². The van der Waals surface area contributed by atoms with Crippen LogP contribution in [0.2, 0.25) is 0 Å². The number of nitrogens with one attached hydrogen (secondary N) is 1. The second-order valence-electron chi connectivity index (χ2n) is 11.4. The molecule has 2 aliphatic heterocycles. The topological polar surface area (TPSA) is 55.9 Å². The van der Waals surface area contributed by atoms with Gasteiger partial charge < -0.3 is 15.1 Å². The largest absolute Gasteiger partial charge is 0.355 e. The SMILES string of the molecule is O=C(NCCCN1CCN(Cc2ccccc2)CC1)[C@@H]1c2ccccc2C(=O)N(C2CCCC2)[C@@H]1c1cccs1.